The zero-order valence-electron chi connectivity index (χ0n) is 11.3. The quantitative estimate of drug-likeness (QED) is 0.782. The smallest absolute Gasteiger partial charge is 0.0994 e. The number of nitrogens with zero attached hydrogens (tertiary/aromatic N) is 2. The molecule has 0 aliphatic heterocycles. The van der Waals surface area contributed by atoms with Gasteiger partial charge in [0.25, 0.3) is 0 Å². The van der Waals surface area contributed by atoms with Crippen molar-refractivity contribution in [2.75, 3.05) is 0 Å². The van der Waals surface area contributed by atoms with Crippen molar-refractivity contribution in [3.05, 3.63) is 59.1 Å². The minimum Gasteiger partial charge on any atom is -0.323 e. The van der Waals surface area contributed by atoms with Gasteiger partial charge in [-0.15, -0.1) is 0 Å². The first kappa shape index (κ1) is 13.3. The first-order valence-electron chi connectivity index (χ1n) is 6.67. The predicted molar refractivity (Wildman–Crippen MR) is 86.0 cm³/mol. The number of benzene rings is 2. The molecule has 20 heavy (non-hydrogen) atoms. The minimum absolute atomic E-state index is 0.0000842. The molecule has 102 valence electrons. The molecular formula is C16H16BrN3. The van der Waals surface area contributed by atoms with Gasteiger partial charge >= 0.3 is 0 Å². The van der Waals surface area contributed by atoms with E-state index < -0.39 is 0 Å². The lowest BCUT2D eigenvalue weighted by Crippen LogP contribution is -2.13. The van der Waals surface area contributed by atoms with Crippen molar-refractivity contribution in [1.29, 1.82) is 0 Å². The molecular weight excluding hydrogens is 314 g/mol. The monoisotopic (exact) mass is 329 g/mol. The van der Waals surface area contributed by atoms with Crippen LogP contribution < -0.4 is 5.73 Å². The second-order valence-corrected chi connectivity index (χ2v) is 5.67. The van der Waals surface area contributed by atoms with Gasteiger partial charge in [-0.1, -0.05) is 47.1 Å². The molecule has 0 saturated heterocycles. The van der Waals surface area contributed by atoms with E-state index in [2.05, 4.69) is 62.7 Å². The molecule has 0 unspecified atom stereocenters. The zero-order chi connectivity index (χ0) is 14.1. The van der Waals surface area contributed by atoms with Crippen LogP contribution in [0.25, 0.3) is 16.5 Å². The van der Waals surface area contributed by atoms with Crippen molar-refractivity contribution >= 4 is 26.7 Å². The van der Waals surface area contributed by atoms with Gasteiger partial charge in [0.1, 0.15) is 0 Å². The molecule has 4 heteroatoms. The molecule has 3 aromatic rings. The van der Waals surface area contributed by atoms with E-state index in [-0.39, 0.29) is 6.04 Å². The second kappa shape index (κ2) is 5.38. The number of rotatable bonds is 3. The van der Waals surface area contributed by atoms with Crippen LogP contribution in [0.5, 0.6) is 0 Å². The summed E-state index contributed by atoms with van der Waals surface area (Å²) < 4.78 is 3.18. The number of hydrogen-bond acceptors (Lipinski definition) is 2. The summed E-state index contributed by atoms with van der Waals surface area (Å²) >= 11 is 3.61. The van der Waals surface area contributed by atoms with E-state index in [4.69, 9.17) is 5.73 Å². The zero-order valence-corrected chi connectivity index (χ0v) is 12.8. The molecule has 0 fully saturated rings. The Balaban J connectivity index is 2.26. The van der Waals surface area contributed by atoms with E-state index in [1.807, 2.05) is 18.6 Å². The molecule has 0 bridgehead atoms. The fraction of sp³-hybridized carbons (Fsp3) is 0.188. The highest BCUT2D eigenvalue weighted by Gasteiger charge is 2.13. The molecule has 0 aliphatic rings. The lowest BCUT2D eigenvalue weighted by atomic mass is 10.1. The number of imidazole rings is 1. The molecule has 2 N–H and O–H groups in total. The number of halogens is 1. The maximum atomic E-state index is 6.18. The number of aromatic nitrogens is 2. The van der Waals surface area contributed by atoms with Crippen molar-refractivity contribution in [3.8, 4) is 5.69 Å². The predicted octanol–water partition coefficient (Wildman–Crippen LogP) is 4.20. The Bertz CT molecular complexity index is 748. The molecule has 3 rings (SSSR count). The summed E-state index contributed by atoms with van der Waals surface area (Å²) in [6, 6.07) is 12.5. The van der Waals surface area contributed by atoms with Gasteiger partial charge in [-0.2, -0.15) is 0 Å². The summed E-state index contributed by atoms with van der Waals surface area (Å²) in [7, 11) is 0. The van der Waals surface area contributed by atoms with Gasteiger partial charge in [0, 0.05) is 15.9 Å². The first-order valence-corrected chi connectivity index (χ1v) is 7.47. The third-order valence-corrected chi connectivity index (χ3v) is 4.29. The van der Waals surface area contributed by atoms with Gasteiger partial charge < -0.3 is 10.3 Å². The van der Waals surface area contributed by atoms with Crippen LogP contribution in [0.15, 0.2) is 53.4 Å². The van der Waals surface area contributed by atoms with Crippen LogP contribution in [0.2, 0.25) is 0 Å². The average Bonchev–Trinajstić information content (AvgIpc) is 2.96. The molecule has 1 heterocycles. The largest absolute Gasteiger partial charge is 0.323 e. The van der Waals surface area contributed by atoms with Crippen LogP contribution in [0.4, 0.5) is 0 Å². The topological polar surface area (TPSA) is 43.8 Å². The van der Waals surface area contributed by atoms with Gasteiger partial charge in [-0.25, -0.2) is 4.98 Å². The van der Waals surface area contributed by atoms with Crippen LogP contribution >= 0.6 is 15.9 Å². The summed E-state index contributed by atoms with van der Waals surface area (Å²) in [5.41, 5.74) is 8.33. The summed E-state index contributed by atoms with van der Waals surface area (Å²) in [5, 5.41) is 2.37. The van der Waals surface area contributed by atoms with E-state index in [0.29, 0.717) is 0 Å². The molecule has 1 aromatic heterocycles. The van der Waals surface area contributed by atoms with Gasteiger partial charge in [0.2, 0.25) is 0 Å². The van der Waals surface area contributed by atoms with Crippen LogP contribution in [0, 0.1) is 0 Å². The first-order chi connectivity index (χ1) is 9.72. The third-order valence-electron chi connectivity index (χ3n) is 3.59. The van der Waals surface area contributed by atoms with Crippen LogP contribution in [-0.4, -0.2) is 9.55 Å². The average molecular weight is 330 g/mol. The molecule has 2 aromatic carbocycles. The summed E-state index contributed by atoms with van der Waals surface area (Å²) in [6.07, 6.45) is 4.58. The Morgan fingerprint density at radius 1 is 1.20 bits per heavy atom. The van der Waals surface area contributed by atoms with Crippen molar-refractivity contribution in [2.45, 2.75) is 19.4 Å². The van der Waals surface area contributed by atoms with Gasteiger partial charge in [0.15, 0.2) is 0 Å². The second-order valence-electron chi connectivity index (χ2n) is 4.82. The number of fused-ring (bicyclic) bond motifs is 1. The van der Waals surface area contributed by atoms with E-state index in [1.54, 1.807) is 0 Å². The molecule has 0 aliphatic carbocycles. The highest BCUT2D eigenvalue weighted by atomic mass is 79.9. The van der Waals surface area contributed by atoms with E-state index >= 15 is 0 Å². The number of hydrogen-bond donors (Lipinski definition) is 1. The molecule has 0 saturated carbocycles. The van der Waals surface area contributed by atoms with Gasteiger partial charge in [-0.05, 0) is 23.9 Å². The Kier molecular flexibility index (Phi) is 3.59. The van der Waals surface area contributed by atoms with Crippen molar-refractivity contribution in [3.63, 3.8) is 0 Å². The molecule has 3 nitrogen and oxygen atoms in total. The highest BCUT2D eigenvalue weighted by Crippen LogP contribution is 2.30. The number of nitrogens with two attached hydrogens (primary N) is 1. The molecule has 1 atom stereocenters. The Morgan fingerprint density at radius 3 is 2.70 bits per heavy atom. The normalized spacial score (nSPS) is 12.8. The Morgan fingerprint density at radius 2 is 1.95 bits per heavy atom. The van der Waals surface area contributed by atoms with Crippen molar-refractivity contribution in [2.24, 2.45) is 5.73 Å². The summed E-state index contributed by atoms with van der Waals surface area (Å²) in [6.45, 7) is 2.09. The van der Waals surface area contributed by atoms with Crippen LogP contribution in [0.1, 0.15) is 25.1 Å². The SMILES string of the molecule is CC[C@@H](N)c1cncn1-c1ccc(Br)c2ccccc12. The Labute approximate surface area is 126 Å². The lowest BCUT2D eigenvalue weighted by Gasteiger charge is -2.15. The fourth-order valence-corrected chi connectivity index (χ4v) is 2.92. The molecule has 0 amide bonds. The van der Waals surface area contributed by atoms with Crippen molar-refractivity contribution < 1.29 is 0 Å². The minimum atomic E-state index is -0.0000842. The highest BCUT2D eigenvalue weighted by molar-refractivity contribution is 9.10. The van der Waals surface area contributed by atoms with E-state index in [0.717, 1.165) is 22.3 Å². The molecule has 0 radical (unpaired) electrons. The van der Waals surface area contributed by atoms with E-state index in [9.17, 15) is 0 Å². The van der Waals surface area contributed by atoms with E-state index in [1.165, 1.54) is 10.8 Å². The lowest BCUT2D eigenvalue weighted by molar-refractivity contribution is 0.660. The fourth-order valence-electron chi connectivity index (χ4n) is 2.45. The van der Waals surface area contributed by atoms with Crippen molar-refractivity contribution in [1.82, 2.24) is 9.55 Å². The van der Waals surface area contributed by atoms with Gasteiger partial charge in [-0.3, -0.25) is 0 Å². The summed E-state index contributed by atoms with van der Waals surface area (Å²) in [5.74, 6) is 0. The standard InChI is InChI=1S/C16H16BrN3/c1-2-14(18)16-9-19-10-20(16)15-8-7-13(17)11-5-3-4-6-12(11)15/h3-10,14H,2,18H2,1H3/t14-/m1/s1. The third kappa shape index (κ3) is 2.15. The molecule has 0 spiro atoms. The Hall–Kier alpha value is -1.65. The van der Waals surface area contributed by atoms with Crippen LogP contribution in [0.3, 0.4) is 0 Å². The maximum absolute atomic E-state index is 6.18. The van der Waals surface area contributed by atoms with Gasteiger partial charge in [0.05, 0.1) is 23.9 Å². The summed E-state index contributed by atoms with van der Waals surface area (Å²) in [4.78, 5) is 4.27. The maximum Gasteiger partial charge on any atom is 0.0994 e. The van der Waals surface area contributed by atoms with Crippen LogP contribution in [-0.2, 0) is 0 Å².